The van der Waals surface area contributed by atoms with Gasteiger partial charge in [-0.2, -0.15) is 0 Å². The molecule has 2 aromatic carbocycles. The Labute approximate surface area is 306 Å². The summed E-state index contributed by atoms with van der Waals surface area (Å²) in [5.41, 5.74) is 11.5. The van der Waals surface area contributed by atoms with Gasteiger partial charge in [0.1, 0.15) is 35.9 Å². The predicted molar refractivity (Wildman–Crippen MR) is 196 cm³/mol. The second-order valence-electron chi connectivity index (χ2n) is 13.7. The molecule has 7 N–H and O–H groups in total. The lowest BCUT2D eigenvalue weighted by atomic mass is 10.1. The average molecular weight is 734 g/mol. The summed E-state index contributed by atoms with van der Waals surface area (Å²) in [5, 5.41) is 8.70. The summed E-state index contributed by atoms with van der Waals surface area (Å²) in [7, 11) is 0. The molecule has 0 saturated carbocycles. The summed E-state index contributed by atoms with van der Waals surface area (Å²) in [6.45, 7) is 7.04. The van der Waals surface area contributed by atoms with E-state index in [1.807, 2.05) is 6.07 Å². The third-order valence-corrected chi connectivity index (χ3v) is 8.24. The monoisotopic (exact) mass is 733 g/mol. The number of hydrogen-bond donors (Lipinski definition) is 5. The fourth-order valence-corrected chi connectivity index (χ4v) is 5.79. The van der Waals surface area contributed by atoms with Gasteiger partial charge in [0, 0.05) is 36.3 Å². The van der Waals surface area contributed by atoms with Crippen LogP contribution in [0.5, 0.6) is 0 Å². The van der Waals surface area contributed by atoms with Gasteiger partial charge >= 0.3 is 17.7 Å². The van der Waals surface area contributed by atoms with E-state index in [4.69, 9.17) is 25.4 Å². The number of benzene rings is 2. The number of carbonyl (C=O) groups excluding carboxylic acids is 5. The first-order valence-electron chi connectivity index (χ1n) is 17.3. The number of alkyl carbamates (subject to hydrolysis) is 1. The van der Waals surface area contributed by atoms with Crippen molar-refractivity contribution in [2.45, 2.75) is 90.1 Å². The summed E-state index contributed by atoms with van der Waals surface area (Å²) < 4.78 is 16.0. The maximum atomic E-state index is 14.0. The molecule has 53 heavy (non-hydrogen) atoms. The van der Waals surface area contributed by atoms with Crippen molar-refractivity contribution in [3.05, 3.63) is 76.1 Å². The van der Waals surface area contributed by atoms with Crippen molar-refractivity contribution in [2.75, 3.05) is 18.4 Å². The number of hydrogen-bond acceptors (Lipinski definition) is 10. The Balaban J connectivity index is 1.50. The van der Waals surface area contributed by atoms with Gasteiger partial charge in [0.15, 0.2) is 5.96 Å². The number of fused-ring (bicyclic) bond motifs is 1. The van der Waals surface area contributed by atoms with E-state index < -0.39 is 65.6 Å². The van der Waals surface area contributed by atoms with Gasteiger partial charge in [-0.05, 0) is 76.6 Å². The van der Waals surface area contributed by atoms with Crippen molar-refractivity contribution in [2.24, 2.45) is 16.5 Å². The van der Waals surface area contributed by atoms with Gasteiger partial charge < -0.3 is 46.2 Å². The van der Waals surface area contributed by atoms with E-state index in [2.05, 4.69) is 20.9 Å². The second-order valence-corrected chi connectivity index (χ2v) is 13.7. The molecule has 1 aliphatic heterocycles. The SMILES string of the molecule is Cc1cc(=O)oc2cc(NC(=O)C(CCCN=C(N)N)NC(=O)C3CCCN3C(=O)C(CC(=O)OCc3ccccc3)NC(=O)OC(C)(C)C)ccc12. The van der Waals surface area contributed by atoms with Crippen LogP contribution in [-0.4, -0.2) is 77.5 Å². The first kappa shape index (κ1) is 39.8. The highest BCUT2D eigenvalue weighted by atomic mass is 16.6. The normalized spacial score (nSPS) is 15.2. The van der Waals surface area contributed by atoms with E-state index >= 15 is 0 Å². The van der Waals surface area contributed by atoms with Crippen LogP contribution in [0.2, 0.25) is 0 Å². The quantitative estimate of drug-likeness (QED) is 0.0531. The van der Waals surface area contributed by atoms with Gasteiger partial charge in [-0.3, -0.25) is 24.2 Å². The zero-order chi connectivity index (χ0) is 38.7. The van der Waals surface area contributed by atoms with Crippen molar-refractivity contribution in [3.63, 3.8) is 0 Å². The van der Waals surface area contributed by atoms with Crippen LogP contribution in [0.25, 0.3) is 11.0 Å². The van der Waals surface area contributed by atoms with Crippen LogP contribution in [0.4, 0.5) is 10.5 Å². The van der Waals surface area contributed by atoms with E-state index in [9.17, 15) is 28.8 Å². The van der Waals surface area contributed by atoms with Crippen LogP contribution < -0.4 is 33.0 Å². The highest BCUT2D eigenvalue weighted by Crippen LogP contribution is 2.23. The highest BCUT2D eigenvalue weighted by Gasteiger charge is 2.40. The Morgan fingerprint density at radius 3 is 2.45 bits per heavy atom. The summed E-state index contributed by atoms with van der Waals surface area (Å²) >= 11 is 0. The number of ether oxygens (including phenoxy) is 2. The number of amides is 4. The predicted octanol–water partition coefficient (Wildman–Crippen LogP) is 2.60. The van der Waals surface area contributed by atoms with Gasteiger partial charge in [0.2, 0.25) is 17.7 Å². The van der Waals surface area contributed by atoms with Crippen molar-refractivity contribution >= 4 is 52.4 Å². The van der Waals surface area contributed by atoms with Gasteiger partial charge in [0.25, 0.3) is 0 Å². The first-order valence-corrected chi connectivity index (χ1v) is 17.3. The number of nitrogens with two attached hydrogens (primary N) is 2. The molecule has 1 aromatic heterocycles. The van der Waals surface area contributed by atoms with Crippen molar-refractivity contribution in [1.82, 2.24) is 15.5 Å². The van der Waals surface area contributed by atoms with E-state index in [1.54, 1.807) is 64.1 Å². The molecular weight excluding hydrogens is 686 g/mol. The van der Waals surface area contributed by atoms with E-state index in [0.717, 1.165) is 5.56 Å². The largest absolute Gasteiger partial charge is 0.461 e. The van der Waals surface area contributed by atoms with Crippen molar-refractivity contribution in [1.29, 1.82) is 0 Å². The van der Waals surface area contributed by atoms with Crippen molar-refractivity contribution in [3.8, 4) is 0 Å². The minimum absolute atomic E-state index is 0.0400. The number of carbonyl (C=O) groups is 5. The standard InChI is InChI=1S/C37H47N7O9/c1-22-18-31(46)52-29-19-24(14-15-25(22)29)41-32(47)26(12-8-16-40-35(38)39)42-33(48)28-13-9-17-44(28)34(49)27(43-36(50)53-37(2,3)4)20-30(45)51-21-23-10-6-5-7-11-23/h5-7,10-11,14-15,18-19,26-28H,8-9,12-13,16-17,20-21H2,1-4H3,(H,41,47)(H,42,48)(H,43,50)(H4,38,39,40). The molecule has 0 aliphatic carbocycles. The molecule has 3 unspecified atom stereocenters. The minimum Gasteiger partial charge on any atom is -0.461 e. The number of nitrogens with zero attached hydrogens (tertiary/aromatic N) is 2. The second kappa shape index (κ2) is 18.0. The van der Waals surface area contributed by atoms with E-state index in [0.29, 0.717) is 29.5 Å². The number of rotatable bonds is 14. The molecule has 1 fully saturated rings. The van der Waals surface area contributed by atoms with Crippen LogP contribution in [0.15, 0.2) is 68.8 Å². The van der Waals surface area contributed by atoms with E-state index in [1.165, 1.54) is 17.0 Å². The number of aryl methyl sites for hydroxylation is 1. The first-order chi connectivity index (χ1) is 25.1. The number of aliphatic imine (C=N–C) groups is 1. The zero-order valence-electron chi connectivity index (χ0n) is 30.3. The number of nitrogens with one attached hydrogen (secondary N) is 3. The Morgan fingerprint density at radius 2 is 1.75 bits per heavy atom. The number of esters is 1. The lowest BCUT2D eigenvalue weighted by Crippen LogP contribution is -2.56. The van der Waals surface area contributed by atoms with Gasteiger partial charge in [-0.1, -0.05) is 30.3 Å². The lowest BCUT2D eigenvalue weighted by Gasteiger charge is -2.30. The molecule has 2 heterocycles. The molecule has 284 valence electrons. The van der Waals surface area contributed by atoms with Crippen molar-refractivity contribution < 1.29 is 37.9 Å². The molecule has 1 aliphatic rings. The minimum atomic E-state index is -1.41. The molecule has 0 radical (unpaired) electrons. The van der Waals surface area contributed by atoms with Crippen LogP contribution in [0, 0.1) is 6.92 Å². The third-order valence-electron chi connectivity index (χ3n) is 8.24. The molecule has 0 bridgehead atoms. The third kappa shape index (κ3) is 12.1. The lowest BCUT2D eigenvalue weighted by molar-refractivity contribution is -0.149. The molecule has 16 nitrogen and oxygen atoms in total. The van der Waals surface area contributed by atoms with Gasteiger partial charge in [0.05, 0.1) is 6.42 Å². The fourth-order valence-electron chi connectivity index (χ4n) is 5.79. The molecule has 1 saturated heterocycles. The molecule has 3 aromatic rings. The summed E-state index contributed by atoms with van der Waals surface area (Å²) in [4.78, 5) is 84.3. The summed E-state index contributed by atoms with van der Waals surface area (Å²) in [6, 6.07) is 11.7. The van der Waals surface area contributed by atoms with Gasteiger partial charge in [-0.15, -0.1) is 0 Å². The Kier molecular flexibility index (Phi) is 13.5. The summed E-state index contributed by atoms with van der Waals surface area (Å²) in [6.07, 6.45) is -0.273. The number of guanidine groups is 1. The maximum Gasteiger partial charge on any atom is 0.408 e. The topological polar surface area (TPSA) is 238 Å². The van der Waals surface area contributed by atoms with E-state index in [-0.39, 0.29) is 44.1 Å². The van der Waals surface area contributed by atoms with Crippen LogP contribution in [0.3, 0.4) is 0 Å². The van der Waals surface area contributed by atoms with Crippen LogP contribution in [-0.2, 0) is 35.3 Å². The fraction of sp³-hybridized carbons (Fsp3) is 0.432. The molecular formula is C37H47N7O9. The molecule has 16 heteroatoms. The number of anilines is 1. The average Bonchev–Trinajstić information content (AvgIpc) is 3.57. The maximum absolute atomic E-state index is 14.0. The highest BCUT2D eigenvalue weighted by molar-refractivity contribution is 6.00. The van der Waals surface area contributed by atoms with Crippen LogP contribution in [0.1, 0.15) is 64.0 Å². The van der Waals surface area contributed by atoms with Gasteiger partial charge in [-0.25, -0.2) is 9.59 Å². The molecule has 3 atom stereocenters. The zero-order valence-corrected chi connectivity index (χ0v) is 30.3. The smallest absolute Gasteiger partial charge is 0.408 e. The number of likely N-dealkylation sites (tertiary alicyclic amines) is 1. The molecule has 4 rings (SSSR count). The Morgan fingerprint density at radius 1 is 1.02 bits per heavy atom. The Bertz CT molecular complexity index is 1880. The molecule has 4 amide bonds. The molecule has 0 spiro atoms. The Hall–Kier alpha value is -5.93. The van der Waals surface area contributed by atoms with Crippen LogP contribution >= 0.6 is 0 Å². The summed E-state index contributed by atoms with van der Waals surface area (Å²) in [5.74, 6) is -2.74.